The first-order valence-corrected chi connectivity index (χ1v) is 13.2. The Kier molecular flexibility index (Phi) is 7.34. The third-order valence-corrected chi connectivity index (χ3v) is 8.10. The molecule has 178 valence electrons. The van der Waals surface area contributed by atoms with Crippen LogP contribution in [0.5, 0.6) is 0 Å². The van der Waals surface area contributed by atoms with Crippen molar-refractivity contribution in [2.24, 2.45) is 11.8 Å². The maximum atomic E-state index is 13.1. The Labute approximate surface area is 195 Å². The largest absolute Gasteiger partial charge is 0.338 e. The topological polar surface area (TPSA) is 69.7 Å². The second-order valence-corrected chi connectivity index (χ2v) is 11.1. The molecule has 2 saturated heterocycles. The average Bonchev–Trinajstić information content (AvgIpc) is 2.82. The van der Waals surface area contributed by atoms with Crippen molar-refractivity contribution in [1.29, 1.82) is 0 Å². The number of piperidine rings is 2. The maximum absolute atomic E-state index is 13.1. The zero-order valence-corrected chi connectivity index (χ0v) is 19.9. The van der Waals surface area contributed by atoms with E-state index in [2.05, 4.69) is 16.5 Å². The summed E-state index contributed by atoms with van der Waals surface area (Å²) in [5.74, 6) is 0.799. The van der Waals surface area contributed by atoms with Crippen LogP contribution in [0.4, 0.5) is 10.1 Å². The number of sulfonamides is 1. The molecule has 1 amide bonds. The lowest BCUT2D eigenvalue weighted by atomic mass is 9.94. The van der Waals surface area contributed by atoms with Crippen molar-refractivity contribution >= 4 is 21.6 Å². The van der Waals surface area contributed by atoms with Crippen molar-refractivity contribution in [2.45, 2.75) is 37.5 Å². The number of likely N-dealkylation sites (tertiary alicyclic amines) is 2. The Morgan fingerprint density at radius 2 is 1.67 bits per heavy atom. The highest BCUT2D eigenvalue weighted by atomic mass is 32.2. The van der Waals surface area contributed by atoms with Crippen molar-refractivity contribution in [3.63, 3.8) is 0 Å². The standard InChI is InChI=1S/C25H32FN3O3S/c1-19-12-15-28(16-13-19)17-20-3-2-14-29(18-20)25(30)21-4-10-24(11-5-21)33(31,32)27-23-8-6-22(26)7-9-23/h4-11,19-20,27H,2-3,12-18H2,1H3. The number of halogens is 1. The third-order valence-electron chi connectivity index (χ3n) is 6.71. The number of carbonyl (C=O) groups is 1. The Bertz CT molecular complexity index is 1050. The fourth-order valence-corrected chi connectivity index (χ4v) is 5.76. The zero-order valence-electron chi connectivity index (χ0n) is 19.0. The van der Waals surface area contributed by atoms with Gasteiger partial charge in [-0.05, 0) is 99.1 Å². The van der Waals surface area contributed by atoms with E-state index in [1.54, 1.807) is 12.1 Å². The van der Waals surface area contributed by atoms with E-state index in [0.717, 1.165) is 51.5 Å². The van der Waals surface area contributed by atoms with Gasteiger partial charge in [-0.3, -0.25) is 9.52 Å². The van der Waals surface area contributed by atoms with E-state index in [-0.39, 0.29) is 16.5 Å². The number of carbonyl (C=O) groups excluding carboxylic acids is 1. The van der Waals surface area contributed by atoms with Gasteiger partial charge in [-0.2, -0.15) is 0 Å². The summed E-state index contributed by atoms with van der Waals surface area (Å²) in [5.41, 5.74) is 0.766. The van der Waals surface area contributed by atoms with Crippen LogP contribution in [0.2, 0.25) is 0 Å². The van der Waals surface area contributed by atoms with Gasteiger partial charge in [0.05, 0.1) is 4.90 Å². The van der Waals surface area contributed by atoms with Gasteiger partial charge in [0.1, 0.15) is 5.82 Å². The molecular formula is C25H32FN3O3S. The van der Waals surface area contributed by atoms with Gasteiger partial charge in [-0.25, -0.2) is 12.8 Å². The highest BCUT2D eigenvalue weighted by molar-refractivity contribution is 7.92. The second-order valence-electron chi connectivity index (χ2n) is 9.38. The molecule has 0 spiro atoms. The second kappa shape index (κ2) is 10.2. The number of benzene rings is 2. The number of rotatable bonds is 6. The summed E-state index contributed by atoms with van der Waals surface area (Å²) in [7, 11) is -3.83. The summed E-state index contributed by atoms with van der Waals surface area (Å²) in [4.78, 5) is 17.6. The van der Waals surface area contributed by atoms with Gasteiger partial charge < -0.3 is 9.80 Å². The molecule has 2 aromatic carbocycles. The lowest BCUT2D eigenvalue weighted by Crippen LogP contribution is -2.45. The first-order chi connectivity index (χ1) is 15.8. The molecule has 2 heterocycles. The van der Waals surface area contributed by atoms with Crippen LogP contribution in [0.1, 0.15) is 43.0 Å². The molecule has 0 saturated carbocycles. The van der Waals surface area contributed by atoms with E-state index >= 15 is 0 Å². The molecule has 2 aromatic rings. The molecule has 1 N–H and O–H groups in total. The van der Waals surface area contributed by atoms with Crippen molar-refractivity contribution in [1.82, 2.24) is 9.80 Å². The SMILES string of the molecule is CC1CCN(CC2CCCN(C(=O)c3ccc(S(=O)(=O)Nc4ccc(F)cc4)cc3)C2)CC1. The van der Waals surface area contributed by atoms with Gasteiger partial charge in [0.2, 0.25) is 0 Å². The van der Waals surface area contributed by atoms with Gasteiger partial charge in [0.15, 0.2) is 0 Å². The molecule has 0 aromatic heterocycles. The Morgan fingerprint density at radius 3 is 2.33 bits per heavy atom. The molecule has 2 aliphatic rings. The highest BCUT2D eigenvalue weighted by Crippen LogP contribution is 2.24. The molecular weight excluding hydrogens is 441 g/mol. The molecule has 0 aliphatic carbocycles. The van der Waals surface area contributed by atoms with Crippen LogP contribution in [0.25, 0.3) is 0 Å². The van der Waals surface area contributed by atoms with Crippen LogP contribution < -0.4 is 4.72 Å². The normalized spacial score (nSPS) is 20.5. The number of nitrogens with one attached hydrogen (secondary N) is 1. The lowest BCUT2D eigenvalue weighted by Gasteiger charge is -2.38. The minimum atomic E-state index is -3.83. The Morgan fingerprint density at radius 1 is 1.00 bits per heavy atom. The van der Waals surface area contributed by atoms with E-state index < -0.39 is 15.8 Å². The quantitative estimate of drug-likeness (QED) is 0.682. The maximum Gasteiger partial charge on any atom is 0.261 e. The predicted octanol–water partition coefficient (Wildman–Crippen LogP) is 4.21. The predicted molar refractivity (Wildman–Crippen MR) is 127 cm³/mol. The van der Waals surface area contributed by atoms with Crippen molar-refractivity contribution in [3.8, 4) is 0 Å². The van der Waals surface area contributed by atoms with Crippen LogP contribution >= 0.6 is 0 Å². The molecule has 4 rings (SSSR count). The van der Waals surface area contributed by atoms with E-state index in [4.69, 9.17) is 0 Å². The molecule has 6 nitrogen and oxygen atoms in total. The molecule has 1 unspecified atom stereocenters. The first-order valence-electron chi connectivity index (χ1n) is 11.7. The average molecular weight is 474 g/mol. The molecule has 0 radical (unpaired) electrons. The number of amides is 1. The van der Waals surface area contributed by atoms with Crippen molar-refractivity contribution in [3.05, 3.63) is 59.9 Å². The Hall–Kier alpha value is -2.45. The van der Waals surface area contributed by atoms with Crippen LogP contribution in [-0.2, 0) is 10.0 Å². The van der Waals surface area contributed by atoms with Gasteiger partial charge in [-0.15, -0.1) is 0 Å². The molecule has 8 heteroatoms. The van der Waals surface area contributed by atoms with E-state index in [0.29, 0.717) is 11.5 Å². The number of hydrogen-bond acceptors (Lipinski definition) is 4. The van der Waals surface area contributed by atoms with Gasteiger partial charge in [0, 0.05) is 30.9 Å². The summed E-state index contributed by atoms with van der Waals surface area (Å²) in [6, 6.07) is 11.1. The molecule has 2 fully saturated rings. The summed E-state index contributed by atoms with van der Waals surface area (Å²) in [6.07, 6.45) is 4.64. The van der Waals surface area contributed by atoms with Crippen LogP contribution in [0.3, 0.4) is 0 Å². The fourth-order valence-electron chi connectivity index (χ4n) is 4.70. The summed E-state index contributed by atoms with van der Waals surface area (Å²) in [5, 5.41) is 0. The minimum Gasteiger partial charge on any atom is -0.338 e. The van der Waals surface area contributed by atoms with E-state index in [1.807, 2.05) is 4.90 Å². The van der Waals surface area contributed by atoms with E-state index in [9.17, 15) is 17.6 Å². The number of anilines is 1. The highest BCUT2D eigenvalue weighted by Gasteiger charge is 2.27. The van der Waals surface area contributed by atoms with Crippen LogP contribution in [0, 0.1) is 17.7 Å². The van der Waals surface area contributed by atoms with E-state index in [1.165, 1.54) is 49.2 Å². The summed E-state index contributed by atoms with van der Waals surface area (Å²) in [6.45, 7) is 7.13. The molecule has 0 bridgehead atoms. The van der Waals surface area contributed by atoms with Gasteiger partial charge >= 0.3 is 0 Å². The van der Waals surface area contributed by atoms with Crippen LogP contribution in [0.15, 0.2) is 53.4 Å². The zero-order chi connectivity index (χ0) is 23.4. The monoisotopic (exact) mass is 473 g/mol. The minimum absolute atomic E-state index is 0.0533. The summed E-state index contributed by atoms with van der Waals surface area (Å²) < 4.78 is 40.7. The van der Waals surface area contributed by atoms with Crippen LogP contribution in [-0.4, -0.2) is 56.8 Å². The van der Waals surface area contributed by atoms with Gasteiger partial charge in [-0.1, -0.05) is 6.92 Å². The van der Waals surface area contributed by atoms with Gasteiger partial charge in [0.25, 0.3) is 15.9 Å². The third kappa shape index (κ3) is 6.12. The fraction of sp³-hybridized carbons (Fsp3) is 0.480. The smallest absolute Gasteiger partial charge is 0.261 e. The Balaban J connectivity index is 1.36. The number of nitrogens with zero attached hydrogens (tertiary/aromatic N) is 2. The first kappa shape index (κ1) is 23.7. The molecule has 1 atom stereocenters. The summed E-state index contributed by atoms with van der Waals surface area (Å²) >= 11 is 0. The lowest BCUT2D eigenvalue weighted by molar-refractivity contribution is 0.0622. The molecule has 2 aliphatic heterocycles. The van der Waals surface area contributed by atoms with Crippen molar-refractivity contribution in [2.75, 3.05) is 37.4 Å². The van der Waals surface area contributed by atoms with Crippen molar-refractivity contribution < 1.29 is 17.6 Å². The number of hydrogen-bond donors (Lipinski definition) is 1. The molecule has 33 heavy (non-hydrogen) atoms.